The number of likely N-dealkylation sites (tertiary alicyclic amines) is 1. The molecule has 0 saturated carbocycles. The molecule has 2 aliphatic heterocycles. The molecule has 0 bridgehead atoms. The summed E-state index contributed by atoms with van der Waals surface area (Å²) in [5, 5.41) is 5.54. The van der Waals surface area contributed by atoms with Gasteiger partial charge in [-0.2, -0.15) is 0 Å². The van der Waals surface area contributed by atoms with Gasteiger partial charge in [0.25, 0.3) is 10.0 Å². The van der Waals surface area contributed by atoms with Gasteiger partial charge in [-0.25, -0.2) is 8.42 Å². The third kappa shape index (κ3) is 4.67. The van der Waals surface area contributed by atoms with Crippen molar-refractivity contribution in [3.05, 3.63) is 42.2 Å². The lowest BCUT2D eigenvalue weighted by Crippen LogP contribution is -2.56. The number of nitrogens with one attached hydrogen (secondary N) is 2. The molecule has 1 aromatic carbocycles. The summed E-state index contributed by atoms with van der Waals surface area (Å²) in [6, 6.07) is 5.22. The molecule has 0 radical (unpaired) electrons. The number of amides is 2. The topological polar surface area (TPSA) is 98.8 Å². The molecule has 9 heteroatoms. The SMILES string of the molecule is Cc1ccc(S(=O)(=O)N2C=CNC(=O)[C@H]2CC(=O)N[C@H]2CCN(C)CC2(C)C)cc1. The van der Waals surface area contributed by atoms with Crippen molar-refractivity contribution in [1.29, 1.82) is 0 Å². The second kappa shape index (κ2) is 8.39. The number of nitrogens with zero attached hydrogens (tertiary/aromatic N) is 2. The molecule has 164 valence electrons. The zero-order valence-electron chi connectivity index (χ0n) is 17.9. The number of hydrogen-bond acceptors (Lipinski definition) is 5. The van der Waals surface area contributed by atoms with Crippen molar-refractivity contribution in [2.24, 2.45) is 5.41 Å². The van der Waals surface area contributed by atoms with Crippen molar-refractivity contribution in [3.8, 4) is 0 Å². The van der Waals surface area contributed by atoms with Gasteiger partial charge >= 0.3 is 0 Å². The number of carbonyl (C=O) groups excluding carboxylic acids is 2. The van der Waals surface area contributed by atoms with Gasteiger partial charge in [0.1, 0.15) is 6.04 Å². The first-order chi connectivity index (χ1) is 14.0. The van der Waals surface area contributed by atoms with E-state index in [1.165, 1.54) is 24.5 Å². The molecule has 2 heterocycles. The molecule has 2 N–H and O–H groups in total. The van der Waals surface area contributed by atoms with Crippen LogP contribution in [0.25, 0.3) is 0 Å². The molecule has 0 unspecified atom stereocenters. The standard InChI is InChI=1S/C21H30N4O4S/c1-15-5-7-16(8-6-15)30(28,29)25-12-10-22-20(27)17(25)13-19(26)23-18-9-11-24(4)14-21(18,2)3/h5-8,10,12,17-18H,9,11,13-14H2,1-4H3,(H,22,27)(H,23,26)/t17-,18+/m1/s1. The second-order valence-corrected chi connectivity index (χ2v) is 10.7. The number of carbonyl (C=O) groups is 2. The van der Waals surface area contributed by atoms with Crippen LogP contribution in [-0.4, -0.2) is 61.7 Å². The van der Waals surface area contributed by atoms with Crippen LogP contribution in [0, 0.1) is 12.3 Å². The molecule has 0 aliphatic carbocycles. The summed E-state index contributed by atoms with van der Waals surface area (Å²) in [5.74, 6) is -0.858. The van der Waals surface area contributed by atoms with E-state index < -0.39 is 22.0 Å². The van der Waals surface area contributed by atoms with Gasteiger partial charge < -0.3 is 15.5 Å². The van der Waals surface area contributed by atoms with Crippen LogP contribution in [0.5, 0.6) is 0 Å². The number of aryl methyl sites for hydroxylation is 1. The zero-order valence-corrected chi connectivity index (χ0v) is 18.7. The molecule has 3 rings (SSSR count). The Hall–Kier alpha value is -2.39. The average Bonchev–Trinajstić information content (AvgIpc) is 2.65. The van der Waals surface area contributed by atoms with Crippen LogP contribution < -0.4 is 10.6 Å². The minimum atomic E-state index is -3.97. The number of benzene rings is 1. The van der Waals surface area contributed by atoms with Crippen molar-refractivity contribution in [3.63, 3.8) is 0 Å². The molecule has 1 aromatic rings. The summed E-state index contributed by atoms with van der Waals surface area (Å²) < 4.78 is 27.2. The summed E-state index contributed by atoms with van der Waals surface area (Å²) in [6.45, 7) is 7.77. The molecular weight excluding hydrogens is 404 g/mol. The molecular formula is C21H30N4O4S. The van der Waals surface area contributed by atoms with E-state index in [-0.39, 0.29) is 28.7 Å². The van der Waals surface area contributed by atoms with Crippen LogP contribution in [0.2, 0.25) is 0 Å². The molecule has 1 fully saturated rings. The molecule has 8 nitrogen and oxygen atoms in total. The van der Waals surface area contributed by atoms with Crippen LogP contribution >= 0.6 is 0 Å². The Kier molecular flexibility index (Phi) is 6.24. The highest BCUT2D eigenvalue weighted by atomic mass is 32.2. The molecule has 2 atom stereocenters. The third-order valence-corrected chi connectivity index (χ3v) is 7.59. The van der Waals surface area contributed by atoms with Gasteiger partial charge in [0.2, 0.25) is 11.8 Å². The van der Waals surface area contributed by atoms with Gasteiger partial charge in [0, 0.05) is 25.0 Å². The van der Waals surface area contributed by atoms with Crippen molar-refractivity contribution >= 4 is 21.8 Å². The van der Waals surface area contributed by atoms with E-state index in [1.807, 2.05) is 14.0 Å². The molecule has 0 spiro atoms. The molecule has 30 heavy (non-hydrogen) atoms. The third-order valence-electron chi connectivity index (χ3n) is 5.79. The fourth-order valence-electron chi connectivity index (χ4n) is 4.09. The van der Waals surface area contributed by atoms with E-state index in [9.17, 15) is 18.0 Å². The van der Waals surface area contributed by atoms with Crippen molar-refractivity contribution < 1.29 is 18.0 Å². The van der Waals surface area contributed by atoms with Crippen molar-refractivity contribution in [2.45, 2.75) is 50.6 Å². The molecule has 2 aliphatic rings. The van der Waals surface area contributed by atoms with E-state index >= 15 is 0 Å². The normalized spacial score (nSPS) is 24.4. The summed E-state index contributed by atoms with van der Waals surface area (Å²) >= 11 is 0. The Morgan fingerprint density at radius 1 is 1.27 bits per heavy atom. The predicted molar refractivity (Wildman–Crippen MR) is 114 cm³/mol. The van der Waals surface area contributed by atoms with Crippen molar-refractivity contribution in [2.75, 3.05) is 20.1 Å². The lowest BCUT2D eigenvalue weighted by atomic mass is 9.79. The van der Waals surface area contributed by atoms with Crippen molar-refractivity contribution in [1.82, 2.24) is 19.8 Å². The van der Waals surface area contributed by atoms with E-state index in [1.54, 1.807) is 12.1 Å². The molecule has 2 amide bonds. The summed E-state index contributed by atoms with van der Waals surface area (Å²) in [7, 11) is -1.92. The fourth-order valence-corrected chi connectivity index (χ4v) is 5.54. The summed E-state index contributed by atoms with van der Waals surface area (Å²) in [6.07, 6.45) is 3.14. The van der Waals surface area contributed by atoms with Crippen LogP contribution in [0.3, 0.4) is 0 Å². The number of hydrogen-bond donors (Lipinski definition) is 2. The second-order valence-electron chi connectivity index (χ2n) is 8.83. The fraction of sp³-hybridized carbons (Fsp3) is 0.524. The first kappa shape index (κ1) is 22.3. The average molecular weight is 435 g/mol. The first-order valence-electron chi connectivity index (χ1n) is 10.1. The highest BCUT2D eigenvalue weighted by molar-refractivity contribution is 7.89. The van der Waals surface area contributed by atoms with E-state index in [4.69, 9.17) is 0 Å². The number of piperidine rings is 1. The lowest BCUT2D eigenvalue weighted by Gasteiger charge is -2.43. The van der Waals surface area contributed by atoms with Gasteiger partial charge in [-0.15, -0.1) is 0 Å². The van der Waals surface area contributed by atoms with Gasteiger partial charge in [0.15, 0.2) is 0 Å². The largest absolute Gasteiger partial charge is 0.353 e. The number of sulfonamides is 1. The lowest BCUT2D eigenvalue weighted by molar-refractivity contribution is -0.130. The van der Waals surface area contributed by atoms with E-state index in [2.05, 4.69) is 29.4 Å². The van der Waals surface area contributed by atoms with Crippen LogP contribution in [0.1, 0.15) is 32.3 Å². The zero-order chi connectivity index (χ0) is 22.1. The Morgan fingerprint density at radius 2 is 1.93 bits per heavy atom. The Balaban J connectivity index is 1.77. The smallest absolute Gasteiger partial charge is 0.264 e. The maximum atomic E-state index is 13.1. The minimum Gasteiger partial charge on any atom is -0.353 e. The van der Waals surface area contributed by atoms with E-state index in [0.717, 1.165) is 29.4 Å². The summed E-state index contributed by atoms with van der Waals surface area (Å²) in [5.41, 5.74) is 0.808. The Morgan fingerprint density at radius 3 is 2.57 bits per heavy atom. The van der Waals surface area contributed by atoms with Crippen LogP contribution in [0.15, 0.2) is 41.6 Å². The Labute approximate surface area is 178 Å². The quantitative estimate of drug-likeness (QED) is 0.725. The summed E-state index contributed by atoms with van der Waals surface area (Å²) in [4.78, 5) is 27.6. The maximum absolute atomic E-state index is 13.1. The highest BCUT2D eigenvalue weighted by Crippen LogP contribution is 2.29. The van der Waals surface area contributed by atoms with Crippen LogP contribution in [-0.2, 0) is 19.6 Å². The predicted octanol–water partition coefficient (Wildman–Crippen LogP) is 1.19. The van der Waals surface area contributed by atoms with Gasteiger partial charge in [-0.05, 0) is 44.5 Å². The molecule has 0 aromatic heterocycles. The monoisotopic (exact) mass is 434 g/mol. The number of rotatable bonds is 5. The highest BCUT2D eigenvalue weighted by Gasteiger charge is 2.39. The minimum absolute atomic E-state index is 0.0365. The van der Waals surface area contributed by atoms with Crippen LogP contribution in [0.4, 0.5) is 0 Å². The van der Waals surface area contributed by atoms with Gasteiger partial charge in [-0.3, -0.25) is 13.9 Å². The van der Waals surface area contributed by atoms with Gasteiger partial charge in [-0.1, -0.05) is 31.5 Å². The van der Waals surface area contributed by atoms with E-state index in [0.29, 0.717) is 0 Å². The maximum Gasteiger partial charge on any atom is 0.264 e. The molecule has 1 saturated heterocycles. The first-order valence-corrected chi connectivity index (χ1v) is 11.5. The van der Waals surface area contributed by atoms with Gasteiger partial charge in [0.05, 0.1) is 11.3 Å². The Bertz CT molecular complexity index is 940.